The number of hydrogen-bond donors (Lipinski definition) is 1. The molecule has 0 unspecified atom stereocenters. The number of nitrogens with zero attached hydrogens (tertiary/aromatic N) is 2. The van der Waals surface area contributed by atoms with Gasteiger partial charge < -0.3 is 4.74 Å². The second-order valence-electron chi connectivity index (χ2n) is 4.71. The number of thiazole rings is 1. The molecule has 8 heteroatoms. The maximum atomic E-state index is 13.3. The summed E-state index contributed by atoms with van der Waals surface area (Å²) in [7, 11) is 1.44. The number of amides is 1. The molecule has 0 aliphatic heterocycles. The molecule has 1 aromatic heterocycles. The van der Waals surface area contributed by atoms with E-state index in [1.165, 1.54) is 24.5 Å². The molecule has 0 fully saturated rings. The molecule has 23 heavy (non-hydrogen) atoms. The first kappa shape index (κ1) is 17.2. The first-order chi connectivity index (χ1) is 11.0. The predicted octanol–water partition coefficient (Wildman–Crippen LogP) is 2.44. The smallest absolute Gasteiger partial charge is 0.246 e. The molecule has 0 aliphatic rings. The Morgan fingerprint density at radius 3 is 2.78 bits per heavy atom. The van der Waals surface area contributed by atoms with Crippen LogP contribution in [-0.2, 0) is 16.0 Å². The molecule has 0 spiro atoms. The number of carbonyl (C=O) groups excluding carboxylic acids is 1. The van der Waals surface area contributed by atoms with E-state index in [9.17, 15) is 13.6 Å². The van der Waals surface area contributed by atoms with Crippen LogP contribution in [0.1, 0.15) is 16.3 Å². The Labute approximate surface area is 136 Å². The van der Waals surface area contributed by atoms with Crippen molar-refractivity contribution in [2.45, 2.75) is 13.3 Å². The van der Waals surface area contributed by atoms with Crippen molar-refractivity contribution in [3.05, 3.63) is 51.5 Å². The van der Waals surface area contributed by atoms with E-state index < -0.39 is 11.6 Å². The number of halogens is 2. The number of aryl methyl sites for hydroxylation is 1. The summed E-state index contributed by atoms with van der Waals surface area (Å²) < 4.78 is 31.3. The third-order valence-electron chi connectivity index (χ3n) is 2.83. The number of aromatic nitrogens is 1. The van der Waals surface area contributed by atoms with Gasteiger partial charge in [-0.15, -0.1) is 11.3 Å². The molecule has 0 bridgehead atoms. The highest BCUT2D eigenvalue weighted by atomic mass is 32.1. The summed E-state index contributed by atoms with van der Waals surface area (Å²) in [5.41, 5.74) is 3.84. The maximum Gasteiger partial charge on any atom is 0.246 e. The Balaban J connectivity index is 2.08. The minimum absolute atomic E-state index is 0.0434. The van der Waals surface area contributed by atoms with E-state index >= 15 is 0 Å². The molecule has 2 rings (SSSR count). The minimum atomic E-state index is -0.990. The van der Waals surface area contributed by atoms with E-state index in [-0.39, 0.29) is 24.6 Å². The molecule has 0 saturated heterocycles. The van der Waals surface area contributed by atoms with Crippen LogP contribution in [0.25, 0.3) is 0 Å². The van der Waals surface area contributed by atoms with Gasteiger partial charge in [-0.3, -0.25) is 4.79 Å². The average molecular weight is 339 g/mol. The topological polar surface area (TPSA) is 63.6 Å². The zero-order valence-electron chi connectivity index (χ0n) is 12.6. The number of methoxy groups -OCH3 is 1. The van der Waals surface area contributed by atoms with Crippen LogP contribution in [0, 0.1) is 18.6 Å². The molecule has 2 aromatic rings. The van der Waals surface area contributed by atoms with Gasteiger partial charge in [0.15, 0.2) is 11.6 Å². The fourth-order valence-corrected chi connectivity index (χ4v) is 2.55. The van der Waals surface area contributed by atoms with Crippen LogP contribution in [0.3, 0.4) is 0 Å². The lowest BCUT2D eigenvalue weighted by molar-refractivity contribution is -0.120. The Morgan fingerprint density at radius 2 is 2.17 bits per heavy atom. The van der Waals surface area contributed by atoms with Gasteiger partial charge in [0.1, 0.15) is 5.01 Å². The molecule has 0 saturated carbocycles. The summed E-state index contributed by atoms with van der Waals surface area (Å²) in [6.45, 7) is 1.89. The third kappa shape index (κ3) is 4.90. The Morgan fingerprint density at radius 1 is 1.39 bits per heavy atom. The van der Waals surface area contributed by atoms with Gasteiger partial charge in [0.2, 0.25) is 5.91 Å². The molecule has 1 aromatic carbocycles. The Hall–Kier alpha value is -2.19. The lowest BCUT2D eigenvalue weighted by Crippen LogP contribution is -2.23. The SMILES string of the molecule is COC/C(=N\NC(=O)Cc1nc(C)cs1)c1ccc(F)c(F)c1. The van der Waals surface area contributed by atoms with Crippen LogP contribution in [0.4, 0.5) is 8.78 Å². The summed E-state index contributed by atoms with van der Waals surface area (Å²) in [5.74, 6) is -2.29. The fraction of sp³-hybridized carbons (Fsp3) is 0.267. The lowest BCUT2D eigenvalue weighted by atomic mass is 10.1. The summed E-state index contributed by atoms with van der Waals surface area (Å²) in [5, 5.41) is 6.47. The van der Waals surface area contributed by atoms with Crippen molar-refractivity contribution in [3.8, 4) is 0 Å². The van der Waals surface area contributed by atoms with E-state index in [0.717, 1.165) is 17.8 Å². The zero-order chi connectivity index (χ0) is 16.8. The predicted molar refractivity (Wildman–Crippen MR) is 83.5 cm³/mol. The van der Waals surface area contributed by atoms with Crippen LogP contribution >= 0.6 is 11.3 Å². The van der Waals surface area contributed by atoms with Gasteiger partial charge in [0.05, 0.1) is 18.7 Å². The first-order valence-electron chi connectivity index (χ1n) is 6.70. The largest absolute Gasteiger partial charge is 0.378 e. The van der Waals surface area contributed by atoms with Crippen LogP contribution in [-0.4, -0.2) is 30.3 Å². The van der Waals surface area contributed by atoms with E-state index in [1.54, 1.807) is 0 Å². The van der Waals surface area contributed by atoms with E-state index in [0.29, 0.717) is 10.6 Å². The first-order valence-corrected chi connectivity index (χ1v) is 7.58. The summed E-state index contributed by atoms with van der Waals surface area (Å²) in [4.78, 5) is 16.0. The fourth-order valence-electron chi connectivity index (χ4n) is 1.78. The molecule has 1 heterocycles. The van der Waals surface area contributed by atoms with E-state index in [4.69, 9.17) is 4.74 Å². The Kier molecular flexibility index (Phi) is 5.89. The highest BCUT2D eigenvalue weighted by Gasteiger charge is 2.10. The minimum Gasteiger partial charge on any atom is -0.378 e. The zero-order valence-corrected chi connectivity index (χ0v) is 13.4. The summed E-state index contributed by atoms with van der Waals surface area (Å²) in [6, 6.07) is 3.37. The number of ether oxygens (including phenoxy) is 1. The van der Waals surface area contributed by atoms with Crippen molar-refractivity contribution in [2.24, 2.45) is 5.10 Å². The molecule has 5 nitrogen and oxygen atoms in total. The van der Waals surface area contributed by atoms with Gasteiger partial charge in [0.25, 0.3) is 0 Å². The number of rotatable bonds is 6. The number of hydrogen-bond acceptors (Lipinski definition) is 5. The molecular formula is C15H15F2N3O2S. The van der Waals surface area contributed by atoms with E-state index in [2.05, 4.69) is 15.5 Å². The monoisotopic (exact) mass is 339 g/mol. The normalized spacial score (nSPS) is 11.6. The second kappa shape index (κ2) is 7.89. The van der Waals surface area contributed by atoms with Gasteiger partial charge in [-0.05, 0) is 25.1 Å². The van der Waals surface area contributed by atoms with Crippen molar-refractivity contribution >= 4 is 23.0 Å². The quantitative estimate of drug-likeness (QED) is 0.649. The van der Waals surface area contributed by atoms with Gasteiger partial charge >= 0.3 is 0 Å². The molecule has 1 N–H and O–H groups in total. The molecule has 1 amide bonds. The van der Waals surface area contributed by atoms with Crippen LogP contribution in [0.5, 0.6) is 0 Å². The van der Waals surface area contributed by atoms with Crippen molar-refractivity contribution in [2.75, 3.05) is 13.7 Å². The van der Waals surface area contributed by atoms with Crippen molar-refractivity contribution in [1.29, 1.82) is 0 Å². The van der Waals surface area contributed by atoms with Crippen molar-refractivity contribution in [1.82, 2.24) is 10.4 Å². The van der Waals surface area contributed by atoms with E-state index in [1.807, 2.05) is 12.3 Å². The van der Waals surface area contributed by atoms with Crippen molar-refractivity contribution < 1.29 is 18.3 Å². The number of hydrazone groups is 1. The van der Waals surface area contributed by atoms with Crippen LogP contribution < -0.4 is 5.43 Å². The molecular weight excluding hydrogens is 324 g/mol. The molecule has 122 valence electrons. The number of carbonyl (C=O) groups is 1. The van der Waals surface area contributed by atoms with Gasteiger partial charge in [-0.25, -0.2) is 19.2 Å². The number of nitrogens with one attached hydrogen (secondary N) is 1. The number of benzene rings is 1. The second-order valence-corrected chi connectivity index (χ2v) is 5.66. The Bertz CT molecular complexity index is 731. The lowest BCUT2D eigenvalue weighted by Gasteiger charge is -2.07. The highest BCUT2D eigenvalue weighted by Crippen LogP contribution is 2.11. The van der Waals surface area contributed by atoms with Gasteiger partial charge in [0, 0.05) is 23.7 Å². The van der Waals surface area contributed by atoms with Gasteiger partial charge in [-0.1, -0.05) is 0 Å². The average Bonchev–Trinajstić information content (AvgIpc) is 2.91. The molecule has 0 atom stereocenters. The standard InChI is InChI=1S/C15H15F2N3O2S/c1-9-8-23-15(18-9)6-14(21)20-19-13(7-22-2)10-3-4-11(16)12(17)5-10/h3-5,8H,6-7H2,1-2H3,(H,20,21)/b19-13+. The van der Waals surface area contributed by atoms with Gasteiger partial charge in [-0.2, -0.15) is 5.10 Å². The van der Waals surface area contributed by atoms with Crippen LogP contribution in [0.15, 0.2) is 28.7 Å². The maximum absolute atomic E-state index is 13.3. The van der Waals surface area contributed by atoms with Crippen LogP contribution in [0.2, 0.25) is 0 Å². The molecule has 0 radical (unpaired) electrons. The third-order valence-corrected chi connectivity index (χ3v) is 3.79. The summed E-state index contributed by atoms with van der Waals surface area (Å²) in [6.07, 6.45) is 0.0973. The summed E-state index contributed by atoms with van der Waals surface area (Å²) >= 11 is 1.39. The molecule has 0 aliphatic carbocycles. The van der Waals surface area contributed by atoms with Crippen molar-refractivity contribution in [3.63, 3.8) is 0 Å². The highest BCUT2D eigenvalue weighted by molar-refractivity contribution is 7.09.